The van der Waals surface area contributed by atoms with Crippen LogP contribution in [0.2, 0.25) is 0 Å². The Labute approximate surface area is 390 Å². The average Bonchev–Trinajstić information content (AvgIpc) is 3.90. The average molecular weight is 938 g/mol. The van der Waals surface area contributed by atoms with E-state index in [1.54, 1.807) is 12.1 Å². The largest absolute Gasteiger partial charge is 0.508 e. The number of carbonyl (C=O) groups is 7. The zero-order chi connectivity index (χ0) is 48.8. The molecule has 3 saturated heterocycles. The molecule has 3 fully saturated rings. The molecule has 0 radical (unpaired) electrons. The third-order valence-electron chi connectivity index (χ3n) is 12.3. The summed E-state index contributed by atoms with van der Waals surface area (Å²) in [6.45, 7) is 4.39. The number of ether oxygens (including phenoxy) is 1. The molecule has 2 aromatic rings. The number of carbonyl (C=O) groups excluding carboxylic acids is 7. The minimum Gasteiger partial charge on any atom is -0.508 e. The van der Waals surface area contributed by atoms with E-state index >= 15 is 0 Å². The molecule has 3 aliphatic heterocycles. The zero-order valence-corrected chi connectivity index (χ0v) is 38.4. The second-order valence-corrected chi connectivity index (χ2v) is 17.8. The van der Waals surface area contributed by atoms with E-state index in [1.165, 1.54) is 63.1 Å². The number of phenols is 1. The number of benzene rings is 2. The molecule has 3 aliphatic rings. The van der Waals surface area contributed by atoms with Crippen molar-refractivity contribution in [1.29, 1.82) is 0 Å². The fourth-order valence-corrected chi connectivity index (χ4v) is 8.52. The lowest BCUT2D eigenvalue weighted by atomic mass is 10.0. The lowest BCUT2D eigenvalue weighted by Gasteiger charge is -2.32. The highest BCUT2D eigenvalue weighted by Crippen LogP contribution is 2.23. The first-order valence-electron chi connectivity index (χ1n) is 23.3. The van der Waals surface area contributed by atoms with Gasteiger partial charge < -0.3 is 66.7 Å². The molecule has 2 aromatic carbocycles. The maximum absolute atomic E-state index is 14.3. The molecule has 3 heterocycles. The second-order valence-electron chi connectivity index (χ2n) is 17.8. The van der Waals surface area contributed by atoms with Crippen molar-refractivity contribution in [3.05, 3.63) is 59.7 Å². The number of phenolic OH excluding ortho intramolecular Hbond substituents is 1. The molecule has 5 rings (SSSR count). The highest BCUT2D eigenvalue weighted by atomic mass is 16.5. The van der Waals surface area contributed by atoms with Gasteiger partial charge in [0.05, 0.1) is 31.0 Å². The lowest BCUT2D eigenvalue weighted by Crippen LogP contribution is -2.62. The Kier molecular flexibility index (Phi) is 19.3. The van der Waals surface area contributed by atoms with Crippen molar-refractivity contribution in [2.45, 2.75) is 152 Å². The Morgan fingerprint density at radius 2 is 1.28 bits per heavy atom. The van der Waals surface area contributed by atoms with Gasteiger partial charge in [-0.05, 0) is 75.1 Å². The molecule has 20 heteroatoms. The van der Waals surface area contributed by atoms with Crippen molar-refractivity contribution in [2.24, 2.45) is 0 Å². The van der Waals surface area contributed by atoms with E-state index in [0.717, 1.165) is 35.5 Å². The number of amides is 7. The van der Waals surface area contributed by atoms with E-state index in [4.69, 9.17) is 4.74 Å². The van der Waals surface area contributed by atoms with Gasteiger partial charge in [0.25, 0.3) is 5.91 Å². The number of nitrogens with zero attached hydrogens (tertiary/aromatic N) is 2. The summed E-state index contributed by atoms with van der Waals surface area (Å²) in [5.74, 6) is -5.41. The van der Waals surface area contributed by atoms with Crippen LogP contribution < -0.4 is 31.3 Å². The molecule has 20 nitrogen and oxygen atoms in total. The van der Waals surface area contributed by atoms with Gasteiger partial charge in [0.1, 0.15) is 47.8 Å². The third kappa shape index (κ3) is 14.6. The van der Waals surface area contributed by atoms with Crippen molar-refractivity contribution in [3.8, 4) is 11.5 Å². The topological polar surface area (TPSA) is 296 Å². The number of fused-ring (bicyclic) bond motifs is 2. The predicted octanol–water partition coefficient (Wildman–Crippen LogP) is -0.478. The standard InChI is InChI=1S/C47H67N7O13/c1-4-5-6-7-8-9-21-67-34-18-14-30(15-19-34)41(60)49-35-11-10-20-48-44(63)37-23-32(58)25-53(37)46(65)40(28(3)56)52-43(62)36(22-29-12-16-31(57)17-13-29)50-45(64)38-24-33(59)26-54(38)47(66)39(27(2)55)51-42(35)61/h12-19,27-28,32-33,35-40,55-59H,4-11,20-26H2,1-3H3,(H,48,63)(H,49,60)(H,50,64)(H,51,61)(H,52,62)/t27-,28-,32-,33-,35+,36+,37+,38+,39+,40+/m1/s1. The SMILES string of the molecule is CCCCCCCCOc1ccc(C(=O)N[C@H]2CCCNC(=O)[C@@H]3C[C@@H](O)CN3C(=O)[C@H]([C@@H](C)O)NC(=O)[C@H](Cc3ccc(O)cc3)NC(=O)[C@@H]3C[C@@H](O)CN3C(=O)[C@H]([C@@H](C)O)NC2=O)cc1. The van der Waals surface area contributed by atoms with Gasteiger partial charge in [-0.2, -0.15) is 0 Å². The molecular formula is C47H67N7O13. The number of aliphatic hydroxyl groups is 4. The summed E-state index contributed by atoms with van der Waals surface area (Å²) in [5.41, 5.74) is 0.640. The summed E-state index contributed by atoms with van der Waals surface area (Å²) in [7, 11) is 0. The van der Waals surface area contributed by atoms with Gasteiger partial charge in [-0.15, -0.1) is 0 Å². The normalized spacial score (nSPS) is 26.8. The van der Waals surface area contributed by atoms with E-state index in [-0.39, 0.29) is 63.1 Å². The summed E-state index contributed by atoms with van der Waals surface area (Å²) < 4.78 is 5.85. The van der Waals surface area contributed by atoms with Gasteiger partial charge in [-0.25, -0.2) is 0 Å². The first kappa shape index (κ1) is 52.1. The minimum absolute atomic E-state index is 0.0706. The first-order chi connectivity index (χ1) is 32.0. The number of hydrogen-bond acceptors (Lipinski definition) is 13. The Morgan fingerprint density at radius 3 is 1.87 bits per heavy atom. The van der Waals surface area contributed by atoms with Crippen LogP contribution in [-0.2, 0) is 35.2 Å². The van der Waals surface area contributed by atoms with Gasteiger partial charge in [0, 0.05) is 44.5 Å². The zero-order valence-electron chi connectivity index (χ0n) is 38.4. The van der Waals surface area contributed by atoms with Crippen LogP contribution in [-0.4, -0.2) is 164 Å². The van der Waals surface area contributed by atoms with E-state index in [9.17, 15) is 59.1 Å². The Balaban J connectivity index is 1.42. The molecule has 67 heavy (non-hydrogen) atoms. The number of unbranched alkanes of at least 4 members (excludes halogenated alkanes) is 5. The van der Waals surface area contributed by atoms with Crippen LogP contribution in [0.4, 0.5) is 0 Å². The summed E-state index contributed by atoms with van der Waals surface area (Å²) in [6.07, 6.45) is 0.455. The van der Waals surface area contributed by atoms with Crippen molar-refractivity contribution in [1.82, 2.24) is 36.4 Å². The number of rotatable bonds is 14. The van der Waals surface area contributed by atoms with Crippen LogP contribution in [0.25, 0.3) is 0 Å². The third-order valence-corrected chi connectivity index (χ3v) is 12.3. The Bertz CT molecular complexity index is 2020. The molecule has 0 unspecified atom stereocenters. The highest BCUT2D eigenvalue weighted by molar-refractivity contribution is 6.00. The van der Waals surface area contributed by atoms with E-state index in [0.29, 0.717) is 17.9 Å². The first-order valence-corrected chi connectivity index (χ1v) is 23.3. The van der Waals surface area contributed by atoms with E-state index in [2.05, 4.69) is 33.5 Å². The van der Waals surface area contributed by atoms with Crippen molar-refractivity contribution >= 4 is 41.4 Å². The molecule has 0 saturated carbocycles. The van der Waals surface area contributed by atoms with E-state index < -0.39 is 102 Å². The number of aromatic hydroxyl groups is 1. The monoisotopic (exact) mass is 937 g/mol. The molecule has 0 spiro atoms. The van der Waals surface area contributed by atoms with Gasteiger partial charge in [-0.1, -0.05) is 51.2 Å². The molecule has 10 N–H and O–H groups in total. The minimum atomic E-state index is -1.68. The molecule has 0 bridgehead atoms. The predicted molar refractivity (Wildman–Crippen MR) is 242 cm³/mol. The summed E-state index contributed by atoms with van der Waals surface area (Å²) >= 11 is 0. The Morgan fingerprint density at radius 1 is 0.731 bits per heavy atom. The van der Waals surface area contributed by atoms with Crippen LogP contribution in [0.5, 0.6) is 11.5 Å². The fraction of sp³-hybridized carbons (Fsp3) is 0.596. The summed E-state index contributed by atoms with van der Waals surface area (Å²) in [6, 6.07) is 3.23. The molecule has 0 aliphatic carbocycles. The smallest absolute Gasteiger partial charge is 0.251 e. The maximum Gasteiger partial charge on any atom is 0.251 e. The van der Waals surface area contributed by atoms with Crippen molar-refractivity contribution < 1.29 is 63.8 Å². The second kappa shape index (κ2) is 24.8. The number of nitrogens with one attached hydrogen (secondary N) is 5. The van der Waals surface area contributed by atoms with Gasteiger partial charge in [-0.3, -0.25) is 33.6 Å². The Hall–Kier alpha value is -5.83. The molecule has 368 valence electrons. The quantitative estimate of drug-likeness (QED) is 0.107. The fourth-order valence-electron chi connectivity index (χ4n) is 8.52. The van der Waals surface area contributed by atoms with Crippen LogP contribution >= 0.6 is 0 Å². The van der Waals surface area contributed by atoms with Gasteiger partial charge in [0.2, 0.25) is 35.4 Å². The molecule has 10 atom stereocenters. The number of aliphatic hydroxyl groups excluding tert-OH is 4. The highest BCUT2D eigenvalue weighted by Gasteiger charge is 2.46. The maximum atomic E-state index is 14.3. The molecule has 0 aromatic heterocycles. The number of hydrogen-bond donors (Lipinski definition) is 10. The van der Waals surface area contributed by atoms with E-state index in [1.807, 2.05) is 0 Å². The summed E-state index contributed by atoms with van der Waals surface area (Å²) in [4.78, 5) is 100.0. The van der Waals surface area contributed by atoms with Crippen LogP contribution in [0.3, 0.4) is 0 Å². The summed E-state index contributed by atoms with van der Waals surface area (Å²) in [5, 5.41) is 66.0. The lowest BCUT2D eigenvalue weighted by molar-refractivity contribution is -0.145. The van der Waals surface area contributed by atoms with Gasteiger partial charge >= 0.3 is 0 Å². The molecular weight excluding hydrogens is 871 g/mol. The van der Waals surface area contributed by atoms with Crippen LogP contribution in [0.1, 0.15) is 101 Å². The molecule has 7 amide bonds. The van der Waals surface area contributed by atoms with Crippen molar-refractivity contribution in [2.75, 3.05) is 26.2 Å². The van der Waals surface area contributed by atoms with Crippen molar-refractivity contribution in [3.63, 3.8) is 0 Å². The van der Waals surface area contributed by atoms with Crippen LogP contribution in [0, 0.1) is 0 Å². The van der Waals surface area contributed by atoms with Gasteiger partial charge in [0.15, 0.2) is 0 Å². The van der Waals surface area contributed by atoms with Crippen LogP contribution in [0.15, 0.2) is 48.5 Å².